The maximum Gasteiger partial charge on any atom is 0.287 e. The molecule has 8 heteroatoms. The predicted octanol–water partition coefficient (Wildman–Crippen LogP) is 3.20. The number of amides is 1. The molecule has 0 spiro atoms. The van der Waals surface area contributed by atoms with Crippen molar-refractivity contribution in [2.45, 2.75) is 38.6 Å². The molecule has 0 unspecified atom stereocenters. The van der Waals surface area contributed by atoms with Gasteiger partial charge < -0.3 is 19.5 Å². The average molecular weight is 418 g/mol. The highest BCUT2D eigenvalue weighted by Gasteiger charge is 2.18. The molecule has 1 aliphatic heterocycles. The first-order valence-corrected chi connectivity index (χ1v) is 11.3. The van der Waals surface area contributed by atoms with Gasteiger partial charge in [0.15, 0.2) is 10.9 Å². The van der Waals surface area contributed by atoms with Crippen LogP contribution in [-0.2, 0) is 5.75 Å². The minimum absolute atomic E-state index is 0.171. The molecular formula is C21H31N5O2S. The van der Waals surface area contributed by atoms with Crippen molar-refractivity contribution < 1.29 is 9.21 Å². The van der Waals surface area contributed by atoms with E-state index in [1.807, 2.05) is 13.0 Å². The Labute approximate surface area is 177 Å². The van der Waals surface area contributed by atoms with Gasteiger partial charge in [-0.2, -0.15) is 0 Å². The van der Waals surface area contributed by atoms with Crippen LogP contribution >= 0.6 is 11.8 Å². The highest BCUT2D eigenvalue weighted by molar-refractivity contribution is 7.98. The fourth-order valence-corrected chi connectivity index (χ4v) is 3.94. The van der Waals surface area contributed by atoms with Crippen molar-refractivity contribution in [1.82, 2.24) is 20.2 Å². The van der Waals surface area contributed by atoms with Gasteiger partial charge in [0.1, 0.15) is 11.6 Å². The van der Waals surface area contributed by atoms with Crippen LogP contribution in [-0.4, -0.2) is 60.0 Å². The lowest BCUT2D eigenvalue weighted by atomic mass is 10.2. The number of hydrogen-bond donors (Lipinski definition) is 1. The molecule has 3 heterocycles. The SMILES string of the molecule is CCN1CCN(c2cc(C)nc(SCc3ccc(C(=O)NCC(C)C)o3)n2)CC1. The van der Waals surface area contributed by atoms with E-state index in [-0.39, 0.29) is 5.91 Å². The first-order chi connectivity index (χ1) is 13.9. The second kappa shape index (κ2) is 10.1. The fraction of sp³-hybridized carbons (Fsp3) is 0.571. The lowest BCUT2D eigenvalue weighted by Crippen LogP contribution is -2.46. The van der Waals surface area contributed by atoms with E-state index in [1.165, 1.54) is 11.8 Å². The number of nitrogens with zero attached hydrogens (tertiary/aromatic N) is 4. The van der Waals surface area contributed by atoms with Crippen molar-refractivity contribution in [3.8, 4) is 0 Å². The van der Waals surface area contributed by atoms with Gasteiger partial charge in [-0.25, -0.2) is 9.97 Å². The molecule has 0 aromatic carbocycles. The summed E-state index contributed by atoms with van der Waals surface area (Å²) in [4.78, 5) is 26.2. The average Bonchev–Trinajstić information content (AvgIpc) is 3.19. The molecule has 1 aliphatic rings. The number of rotatable bonds is 8. The van der Waals surface area contributed by atoms with Crippen molar-refractivity contribution >= 4 is 23.5 Å². The summed E-state index contributed by atoms with van der Waals surface area (Å²) in [7, 11) is 0. The van der Waals surface area contributed by atoms with Crippen LogP contribution in [0.4, 0.5) is 5.82 Å². The normalized spacial score (nSPS) is 15.1. The van der Waals surface area contributed by atoms with Crippen molar-refractivity contribution in [3.05, 3.63) is 35.4 Å². The Hall–Kier alpha value is -2.06. The number of aryl methyl sites for hydroxylation is 1. The summed E-state index contributed by atoms with van der Waals surface area (Å²) in [6, 6.07) is 5.62. The Kier molecular flexibility index (Phi) is 7.55. The zero-order valence-corrected chi connectivity index (χ0v) is 18.6. The Balaban J connectivity index is 1.58. The molecule has 29 heavy (non-hydrogen) atoms. The van der Waals surface area contributed by atoms with E-state index in [4.69, 9.17) is 9.40 Å². The highest BCUT2D eigenvalue weighted by Crippen LogP contribution is 2.24. The van der Waals surface area contributed by atoms with Crippen molar-refractivity contribution in [1.29, 1.82) is 0 Å². The monoisotopic (exact) mass is 417 g/mol. The van der Waals surface area contributed by atoms with Crippen molar-refractivity contribution in [3.63, 3.8) is 0 Å². The van der Waals surface area contributed by atoms with Gasteiger partial charge in [-0.3, -0.25) is 4.79 Å². The van der Waals surface area contributed by atoms with Gasteiger partial charge in [0.2, 0.25) is 0 Å². The summed E-state index contributed by atoms with van der Waals surface area (Å²) < 4.78 is 5.70. The number of thioether (sulfide) groups is 1. The van der Waals surface area contributed by atoms with Crippen LogP contribution < -0.4 is 10.2 Å². The third-order valence-electron chi connectivity index (χ3n) is 4.86. The number of aromatic nitrogens is 2. The standard InChI is InChI=1S/C21H31N5O2S/c1-5-25-8-10-26(11-9-25)19-12-16(4)23-21(24-19)29-14-17-6-7-18(28-17)20(27)22-13-15(2)3/h6-7,12,15H,5,8-11,13-14H2,1-4H3,(H,22,27). The molecule has 1 fully saturated rings. The second-order valence-electron chi connectivity index (χ2n) is 7.73. The number of piperazine rings is 1. The number of likely N-dealkylation sites (N-methyl/N-ethyl adjacent to an activating group) is 1. The molecule has 0 radical (unpaired) electrons. The van der Waals surface area contributed by atoms with Crippen LogP contribution in [0.15, 0.2) is 27.8 Å². The Morgan fingerprint density at radius 3 is 2.69 bits per heavy atom. The summed E-state index contributed by atoms with van der Waals surface area (Å²) in [5.74, 6) is 2.90. The van der Waals surface area contributed by atoms with Gasteiger partial charge in [-0.15, -0.1) is 0 Å². The number of carbonyl (C=O) groups is 1. The maximum absolute atomic E-state index is 12.1. The maximum atomic E-state index is 12.1. The van der Waals surface area contributed by atoms with E-state index < -0.39 is 0 Å². The number of hydrogen-bond acceptors (Lipinski definition) is 7. The molecule has 7 nitrogen and oxygen atoms in total. The molecule has 0 bridgehead atoms. The third kappa shape index (κ3) is 6.21. The number of carbonyl (C=O) groups excluding carboxylic acids is 1. The fourth-order valence-electron chi connectivity index (χ4n) is 3.14. The summed E-state index contributed by atoms with van der Waals surface area (Å²) in [5.41, 5.74) is 0.962. The summed E-state index contributed by atoms with van der Waals surface area (Å²) in [6.45, 7) is 14.2. The van der Waals surface area contributed by atoms with E-state index in [2.05, 4.69) is 46.9 Å². The van der Waals surface area contributed by atoms with Gasteiger partial charge in [0.05, 0.1) is 5.75 Å². The Morgan fingerprint density at radius 1 is 1.24 bits per heavy atom. The van der Waals surface area contributed by atoms with E-state index in [1.54, 1.807) is 6.07 Å². The van der Waals surface area contributed by atoms with Gasteiger partial charge in [-0.05, 0) is 31.5 Å². The molecule has 0 atom stereocenters. The topological polar surface area (TPSA) is 74.5 Å². The van der Waals surface area contributed by atoms with Crippen LogP contribution in [0, 0.1) is 12.8 Å². The van der Waals surface area contributed by atoms with E-state index >= 15 is 0 Å². The van der Waals surface area contributed by atoms with E-state index in [0.29, 0.717) is 24.0 Å². The summed E-state index contributed by atoms with van der Waals surface area (Å²) in [6.07, 6.45) is 0. The number of nitrogens with one attached hydrogen (secondary N) is 1. The van der Waals surface area contributed by atoms with E-state index in [9.17, 15) is 4.79 Å². The van der Waals surface area contributed by atoms with Crippen LogP contribution in [0.5, 0.6) is 0 Å². The van der Waals surface area contributed by atoms with Gasteiger partial charge in [0, 0.05) is 44.5 Å². The minimum atomic E-state index is -0.171. The molecule has 1 N–H and O–H groups in total. The first kappa shape index (κ1) is 21.6. The number of anilines is 1. The van der Waals surface area contributed by atoms with Crippen LogP contribution in [0.25, 0.3) is 0 Å². The lowest BCUT2D eigenvalue weighted by Gasteiger charge is -2.34. The smallest absolute Gasteiger partial charge is 0.287 e. The van der Waals surface area contributed by atoms with Gasteiger partial charge in [-0.1, -0.05) is 32.5 Å². The molecule has 3 rings (SSSR count). The highest BCUT2D eigenvalue weighted by atomic mass is 32.2. The molecule has 1 saturated heterocycles. The van der Waals surface area contributed by atoms with E-state index in [0.717, 1.165) is 55.2 Å². The third-order valence-corrected chi connectivity index (χ3v) is 5.73. The quantitative estimate of drug-likeness (QED) is 0.522. The zero-order valence-electron chi connectivity index (χ0n) is 17.8. The molecule has 0 saturated carbocycles. The van der Waals surface area contributed by atoms with Crippen molar-refractivity contribution in [2.75, 3.05) is 44.2 Å². The van der Waals surface area contributed by atoms with Crippen molar-refractivity contribution in [2.24, 2.45) is 5.92 Å². The minimum Gasteiger partial charge on any atom is -0.455 e. The molecule has 2 aromatic rings. The van der Waals surface area contributed by atoms with Crippen LogP contribution in [0.2, 0.25) is 0 Å². The van der Waals surface area contributed by atoms with Crippen LogP contribution in [0.3, 0.4) is 0 Å². The Bertz CT molecular complexity index is 815. The van der Waals surface area contributed by atoms with Gasteiger partial charge in [0.25, 0.3) is 5.91 Å². The second-order valence-corrected chi connectivity index (χ2v) is 8.67. The lowest BCUT2D eigenvalue weighted by molar-refractivity contribution is 0.0920. The van der Waals surface area contributed by atoms with Crippen LogP contribution in [0.1, 0.15) is 42.8 Å². The van der Waals surface area contributed by atoms with Gasteiger partial charge >= 0.3 is 0 Å². The zero-order chi connectivity index (χ0) is 20.8. The molecule has 2 aromatic heterocycles. The Morgan fingerprint density at radius 2 is 2.00 bits per heavy atom. The summed E-state index contributed by atoms with van der Waals surface area (Å²) in [5, 5.41) is 3.61. The number of furan rings is 1. The predicted molar refractivity (Wildman–Crippen MR) is 117 cm³/mol. The molecular weight excluding hydrogens is 386 g/mol. The summed E-state index contributed by atoms with van der Waals surface area (Å²) >= 11 is 1.53. The first-order valence-electron chi connectivity index (χ1n) is 10.3. The largest absolute Gasteiger partial charge is 0.455 e. The molecule has 158 valence electrons. The molecule has 0 aliphatic carbocycles. The molecule has 1 amide bonds.